The number of benzene rings is 2. The molecular formula is C19H20FN3S. The Morgan fingerprint density at radius 2 is 1.67 bits per heavy atom. The predicted octanol–water partition coefficient (Wildman–Crippen LogP) is 5.54. The zero-order valence-corrected chi connectivity index (χ0v) is 14.6. The summed E-state index contributed by atoms with van der Waals surface area (Å²) in [7, 11) is 0. The fourth-order valence-corrected chi connectivity index (χ4v) is 3.29. The molecule has 3 aromatic rings. The summed E-state index contributed by atoms with van der Waals surface area (Å²) in [6.45, 7) is 6.31. The van der Waals surface area contributed by atoms with Crippen LogP contribution >= 0.6 is 11.3 Å². The summed E-state index contributed by atoms with van der Waals surface area (Å²) in [5, 5.41) is 6.02. The maximum atomic E-state index is 12.9. The van der Waals surface area contributed by atoms with Crippen LogP contribution in [0.1, 0.15) is 13.8 Å². The van der Waals surface area contributed by atoms with Crippen molar-refractivity contribution < 1.29 is 4.39 Å². The average molecular weight is 341 g/mol. The van der Waals surface area contributed by atoms with E-state index >= 15 is 0 Å². The lowest BCUT2D eigenvalue weighted by Gasteiger charge is -2.20. The lowest BCUT2D eigenvalue weighted by molar-refractivity contribution is 0.628. The smallest absolute Gasteiger partial charge is 0.187 e. The Morgan fingerprint density at radius 3 is 2.29 bits per heavy atom. The van der Waals surface area contributed by atoms with E-state index in [4.69, 9.17) is 0 Å². The molecule has 0 saturated carbocycles. The number of rotatable bonds is 6. The van der Waals surface area contributed by atoms with Crippen LogP contribution < -0.4 is 10.2 Å². The molecule has 1 aromatic heterocycles. The third-order valence-corrected chi connectivity index (χ3v) is 4.65. The first-order chi connectivity index (χ1) is 11.7. The summed E-state index contributed by atoms with van der Waals surface area (Å²) in [5.41, 5.74) is 4.09. The fraction of sp³-hybridized carbons (Fsp3) is 0.211. The van der Waals surface area contributed by atoms with Crippen LogP contribution in [0.15, 0.2) is 53.9 Å². The Labute approximate surface area is 145 Å². The van der Waals surface area contributed by atoms with Gasteiger partial charge in [-0.1, -0.05) is 12.1 Å². The molecule has 0 aliphatic rings. The van der Waals surface area contributed by atoms with Crippen LogP contribution in [0.4, 0.5) is 20.9 Å². The van der Waals surface area contributed by atoms with Crippen molar-refractivity contribution in [3.63, 3.8) is 0 Å². The van der Waals surface area contributed by atoms with Gasteiger partial charge in [0.2, 0.25) is 0 Å². The van der Waals surface area contributed by atoms with E-state index in [1.54, 1.807) is 12.1 Å². The van der Waals surface area contributed by atoms with E-state index in [1.165, 1.54) is 29.2 Å². The van der Waals surface area contributed by atoms with E-state index < -0.39 is 0 Å². The molecule has 0 spiro atoms. The fourth-order valence-electron chi connectivity index (χ4n) is 2.55. The molecule has 0 bridgehead atoms. The summed E-state index contributed by atoms with van der Waals surface area (Å²) in [5.74, 6) is -0.242. The summed E-state index contributed by atoms with van der Waals surface area (Å²) in [6.07, 6.45) is 0. The minimum atomic E-state index is -0.242. The second kappa shape index (κ2) is 7.45. The van der Waals surface area contributed by atoms with E-state index in [0.717, 1.165) is 35.2 Å². The molecule has 0 unspecified atom stereocenters. The number of halogens is 1. The molecule has 3 nitrogen and oxygen atoms in total. The van der Waals surface area contributed by atoms with Gasteiger partial charge in [0, 0.05) is 35.4 Å². The summed E-state index contributed by atoms with van der Waals surface area (Å²) < 4.78 is 12.9. The van der Waals surface area contributed by atoms with Crippen LogP contribution in [0.2, 0.25) is 0 Å². The van der Waals surface area contributed by atoms with Crippen molar-refractivity contribution in [2.24, 2.45) is 0 Å². The molecular weight excluding hydrogens is 321 g/mol. The number of anilines is 3. The summed E-state index contributed by atoms with van der Waals surface area (Å²) in [6, 6.07) is 14.7. The highest BCUT2D eigenvalue weighted by atomic mass is 32.1. The zero-order valence-electron chi connectivity index (χ0n) is 13.8. The largest absolute Gasteiger partial charge is 0.372 e. The Balaban J connectivity index is 1.74. The Bertz CT molecular complexity index is 777. The normalized spacial score (nSPS) is 10.6. The van der Waals surface area contributed by atoms with Crippen molar-refractivity contribution in [2.75, 3.05) is 23.3 Å². The van der Waals surface area contributed by atoms with Crippen LogP contribution in [0, 0.1) is 5.82 Å². The lowest BCUT2D eigenvalue weighted by atomic mass is 10.1. The molecule has 0 aliphatic heterocycles. The van der Waals surface area contributed by atoms with Crippen molar-refractivity contribution in [2.45, 2.75) is 13.8 Å². The zero-order chi connectivity index (χ0) is 16.9. The second-order valence-corrected chi connectivity index (χ2v) is 6.25. The van der Waals surface area contributed by atoms with Gasteiger partial charge in [0.05, 0.1) is 5.69 Å². The molecule has 0 aliphatic carbocycles. The van der Waals surface area contributed by atoms with Gasteiger partial charge in [-0.05, 0) is 50.2 Å². The maximum absolute atomic E-state index is 12.9. The Kier molecular flexibility index (Phi) is 5.11. The minimum Gasteiger partial charge on any atom is -0.372 e. The number of nitrogens with zero attached hydrogens (tertiary/aromatic N) is 2. The van der Waals surface area contributed by atoms with E-state index in [-0.39, 0.29) is 5.82 Å². The minimum absolute atomic E-state index is 0.242. The number of thiazole rings is 1. The van der Waals surface area contributed by atoms with Gasteiger partial charge in [0.1, 0.15) is 5.82 Å². The standard InChI is InChI=1S/C19H20FN3S/c1-3-23(4-2)17-11-5-14(6-12-17)18-13-24-19(22-18)21-16-9-7-15(20)8-10-16/h5-13H,3-4H2,1-2H3,(H,21,22). The molecule has 24 heavy (non-hydrogen) atoms. The van der Waals surface area contributed by atoms with E-state index in [2.05, 4.69) is 53.3 Å². The molecule has 0 amide bonds. The highest BCUT2D eigenvalue weighted by Crippen LogP contribution is 2.28. The van der Waals surface area contributed by atoms with Crippen LogP contribution in [0.5, 0.6) is 0 Å². The number of hydrogen-bond donors (Lipinski definition) is 1. The van der Waals surface area contributed by atoms with Gasteiger partial charge in [-0.3, -0.25) is 0 Å². The van der Waals surface area contributed by atoms with Gasteiger partial charge in [0.15, 0.2) is 5.13 Å². The molecule has 1 N–H and O–H groups in total. The Morgan fingerprint density at radius 1 is 1.00 bits per heavy atom. The van der Waals surface area contributed by atoms with Crippen LogP contribution in [0.25, 0.3) is 11.3 Å². The number of hydrogen-bond acceptors (Lipinski definition) is 4. The van der Waals surface area contributed by atoms with Gasteiger partial charge in [0.25, 0.3) is 0 Å². The molecule has 2 aromatic carbocycles. The molecule has 0 atom stereocenters. The van der Waals surface area contributed by atoms with Gasteiger partial charge in [-0.2, -0.15) is 0 Å². The molecule has 5 heteroatoms. The van der Waals surface area contributed by atoms with Gasteiger partial charge in [-0.25, -0.2) is 9.37 Å². The monoisotopic (exact) mass is 341 g/mol. The summed E-state index contributed by atoms with van der Waals surface area (Å²) in [4.78, 5) is 6.92. The molecule has 3 rings (SSSR count). The van der Waals surface area contributed by atoms with Gasteiger partial charge in [-0.15, -0.1) is 11.3 Å². The molecule has 1 heterocycles. The number of nitrogens with one attached hydrogen (secondary N) is 1. The van der Waals surface area contributed by atoms with Crippen molar-refractivity contribution >= 4 is 27.8 Å². The second-order valence-electron chi connectivity index (χ2n) is 5.39. The SMILES string of the molecule is CCN(CC)c1ccc(-c2csc(Nc3ccc(F)cc3)n2)cc1. The van der Waals surface area contributed by atoms with E-state index in [9.17, 15) is 4.39 Å². The topological polar surface area (TPSA) is 28.2 Å². The van der Waals surface area contributed by atoms with Crippen molar-refractivity contribution in [1.29, 1.82) is 0 Å². The van der Waals surface area contributed by atoms with E-state index in [1.807, 2.05) is 5.38 Å². The van der Waals surface area contributed by atoms with Gasteiger partial charge < -0.3 is 10.2 Å². The maximum Gasteiger partial charge on any atom is 0.187 e. The molecule has 0 saturated heterocycles. The van der Waals surface area contributed by atoms with Crippen molar-refractivity contribution in [3.05, 3.63) is 59.7 Å². The highest BCUT2D eigenvalue weighted by Gasteiger charge is 2.07. The predicted molar refractivity (Wildman–Crippen MR) is 101 cm³/mol. The first kappa shape index (κ1) is 16.5. The van der Waals surface area contributed by atoms with Crippen molar-refractivity contribution in [3.8, 4) is 11.3 Å². The number of aromatic nitrogens is 1. The first-order valence-electron chi connectivity index (χ1n) is 8.03. The third kappa shape index (κ3) is 3.74. The molecule has 0 radical (unpaired) electrons. The van der Waals surface area contributed by atoms with Crippen LogP contribution in [-0.4, -0.2) is 18.1 Å². The van der Waals surface area contributed by atoms with E-state index in [0.29, 0.717) is 0 Å². The first-order valence-corrected chi connectivity index (χ1v) is 8.91. The average Bonchev–Trinajstić information content (AvgIpc) is 3.07. The quantitative estimate of drug-likeness (QED) is 0.638. The third-order valence-electron chi connectivity index (χ3n) is 3.89. The van der Waals surface area contributed by atoms with Crippen LogP contribution in [-0.2, 0) is 0 Å². The molecule has 0 fully saturated rings. The van der Waals surface area contributed by atoms with Gasteiger partial charge >= 0.3 is 0 Å². The Hall–Kier alpha value is -2.40. The van der Waals surface area contributed by atoms with Crippen LogP contribution in [0.3, 0.4) is 0 Å². The lowest BCUT2D eigenvalue weighted by Crippen LogP contribution is -2.21. The molecule has 124 valence electrons. The highest BCUT2D eigenvalue weighted by molar-refractivity contribution is 7.14. The van der Waals surface area contributed by atoms with Crippen molar-refractivity contribution in [1.82, 2.24) is 4.98 Å². The summed E-state index contributed by atoms with van der Waals surface area (Å²) >= 11 is 1.54.